The van der Waals surface area contributed by atoms with Crippen molar-refractivity contribution < 1.29 is 38.5 Å². The Morgan fingerprint density at radius 3 is 2.59 bits per heavy atom. The topological polar surface area (TPSA) is 144 Å². The highest BCUT2D eigenvalue weighted by atomic mass is 16.7. The van der Waals surface area contributed by atoms with Crippen LogP contribution >= 0.6 is 0 Å². The predicted octanol–water partition coefficient (Wildman–Crippen LogP) is 1.42. The minimum absolute atomic E-state index is 0.0140. The van der Waals surface area contributed by atoms with E-state index in [0.717, 1.165) is 0 Å². The number of ether oxygens (including phenoxy) is 3. The van der Waals surface area contributed by atoms with Gasteiger partial charge in [0.05, 0.1) is 12.2 Å². The number of amides is 3. The minimum atomic E-state index is -0.756. The molecule has 1 saturated heterocycles. The van der Waals surface area contributed by atoms with E-state index in [4.69, 9.17) is 19.3 Å². The van der Waals surface area contributed by atoms with Crippen LogP contribution in [0.2, 0.25) is 0 Å². The molecule has 1 aliphatic heterocycles. The molecule has 3 amide bonds. The third-order valence-electron chi connectivity index (χ3n) is 6.57. The van der Waals surface area contributed by atoms with Crippen molar-refractivity contribution in [3.05, 3.63) is 88.5 Å². The van der Waals surface area contributed by atoms with Gasteiger partial charge >= 0.3 is 5.97 Å². The Labute approximate surface area is 237 Å². The van der Waals surface area contributed by atoms with Gasteiger partial charge in [0.15, 0.2) is 0 Å². The predicted molar refractivity (Wildman–Crippen MR) is 148 cm³/mol. The molecule has 0 aromatic heterocycles. The SMILES string of the molecule is CN(C)C(=O)C=Cc1cccc(C(=O)OC2CC(C(=O)NCc3cccc(C(=O)NCCO)c3)=CC3OCOC32)c1. The molecule has 11 heteroatoms. The van der Waals surface area contributed by atoms with Crippen LogP contribution in [-0.2, 0) is 30.3 Å². The fraction of sp³-hybridized carbons (Fsp3) is 0.333. The fourth-order valence-electron chi connectivity index (χ4n) is 4.41. The van der Waals surface area contributed by atoms with Gasteiger partial charge in [0.25, 0.3) is 5.91 Å². The molecule has 1 fully saturated rings. The molecule has 1 aliphatic carbocycles. The standard InChI is InChI=1S/C30H33N3O8/c1-33(2)26(35)10-9-19-5-3-8-22(13-19)30(38)41-25-16-23(15-24-27(25)40-18-39-24)29(37)32-17-20-6-4-7-21(14-20)28(36)31-11-12-34/h3-10,13-15,24-25,27,34H,11-12,16-18H2,1-2H3,(H,31,36)(H,32,37). The number of likely N-dealkylation sites (N-methyl/N-ethyl adjacent to an activating group) is 1. The van der Waals surface area contributed by atoms with E-state index < -0.39 is 24.3 Å². The molecule has 3 unspecified atom stereocenters. The van der Waals surface area contributed by atoms with Crippen molar-refractivity contribution in [1.82, 2.24) is 15.5 Å². The van der Waals surface area contributed by atoms with Gasteiger partial charge in [-0.05, 0) is 47.5 Å². The maximum absolute atomic E-state index is 13.1. The summed E-state index contributed by atoms with van der Waals surface area (Å²) in [7, 11) is 3.30. The van der Waals surface area contributed by atoms with Gasteiger partial charge in [-0.2, -0.15) is 0 Å². The number of hydrogen-bond acceptors (Lipinski definition) is 8. The van der Waals surface area contributed by atoms with Crippen molar-refractivity contribution in [3.8, 4) is 0 Å². The molecule has 0 radical (unpaired) electrons. The second-order valence-electron chi connectivity index (χ2n) is 9.77. The van der Waals surface area contributed by atoms with Crippen molar-refractivity contribution in [1.29, 1.82) is 0 Å². The summed E-state index contributed by atoms with van der Waals surface area (Å²) in [5.41, 5.74) is 2.48. The van der Waals surface area contributed by atoms with E-state index in [1.54, 1.807) is 74.8 Å². The van der Waals surface area contributed by atoms with Crippen molar-refractivity contribution in [2.24, 2.45) is 0 Å². The summed E-state index contributed by atoms with van der Waals surface area (Å²) >= 11 is 0. The van der Waals surface area contributed by atoms with Gasteiger partial charge < -0.3 is 34.9 Å². The van der Waals surface area contributed by atoms with Crippen molar-refractivity contribution in [2.75, 3.05) is 34.0 Å². The van der Waals surface area contributed by atoms with Crippen LogP contribution < -0.4 is 10.6 Å². The van der Waals surface area contributed by atoms with Gasteiger partial charge in [0.1, 0.15) is 25.1 Å². The summed E-state index contributed by atoms with van der Waals surface area (Å²) in [4.78, 5) is 51.6. The van der Waals surface area contributed by atoms with Crippen LogP contribution in [0.15, 0.2) is 66.3 Å². The van der Waals surface area contributed by atoms with Crippen molar-refractivity contribution in [2.45, 2.75) is 31.3 Å². The second kappa shape index (κ2) is 13.8. The number of carbonyl (C=O) groups excluding carboxylic acids is 4. The summed E-state index contributed by atoms with van der Waals surface area (Å²) in [5, 5.41) is 14.3. The lowest BCUT2D eigenvalue weighted by atomic mass is 9.91. The zero-order valence-electron chi connectivity index (χ0n) is 22.9. The molecular weight excluding hydrogens is 530 g/mol. The highest BCUT2D eigenvalue weighted by molar-refractivity contribution is 5.95. The zero-order valence-corrected chi connectivity index (χ0v) is 22.9. The number of esters is 1. The van der Waals surface area contributed by atoms with Crippen LogP contribution in [0.4, 0.5) is 0 Å². The molecule has 0 saturated carbocycles. The third kappa shape index (κ3) is 7.88. The number of nitrogens with one attached hydrogen (secondary N) is 2. The number of rotatable bonds is 10. The Morgan fingerprint density at radius 1 is 1.02 bits per heavy atom. The summed E-state index contributed by atoms with van der Waals surface area (Å²) in [6, 6.07) is 13.5. The van der Waals surface area contributed by atoms with Gasteiger partial charge in [0, 0.05) is 50.8 Å². The summed E-state index contributed by atoms with van der Waals surface area (Å²) in [5.74, 6) is -1.44. The van der Waals surface area contributed by atoms with Gasteiger partial charge in [-0.3, -0.25) is 14.4 Å². The van der Waals surface area contributed by atoms with Gasteiger partial charge in [-0.1, -0.05) is 24.3 Å². The third-order valence-corrected chi connectivity index (χ3v) is 6.57. The first-order valence-corrected chi connectivity index (χ1v) is 13.2. The van der Waals surface area contributed by atoms with Crippen LogP contribution in [0, 0.1) is 0 Å². The second-order valence-corrected chi connectivity index (χ2v) is 9.77. The first-order chi connectivity index (χ1) is 19.7. The van der Waals surface area contributed by atoms with E-state index in [-0.39, 0.29) is 50.6 Å². The van der Waals surface area contributed by atoms with E-state index in [9.17, 15) is 19.2 Å². The van der Waals surface area contributed by atoms with E-state index in [0.29, 0.717) is 27.8 Å². The Bertz CT molecular complexity index is 1350. The lowest BCUT2D eigenvalue weighted by molar-refractivity contribution is -0.123. The van der Waals surface area contributed by atoms with Crippen LogP contribution in [0.25, 0.3) is 6.08 Å². The number of aliphatic hydroxyl groups is 1. The fourth-order valence-corrected chi connectivity index (χ4v) is 4.41. The largest absolute Gasteiger partial charge is 0.456 e. The molecule has 2 aliphatic rings. The van der Waals surface area contributed by atoms with Gasteiger partial charge in [-0.25, -0.2) is 4.79 Å². The maximum Gasteiger partial charge on any atom is 0.338 e. The number of nitrogens with zero attached hydrogens (tertiary/aromatic N) is 1. The molecule has 4 rings (SSSR count). The Balaban J connectivity index is 1.39. The normalized spacial score (nSPS) is 19.7. The summed E-state index contributed by atoms with van der Waals surface area (Å²) < 4.78 is 17.1. The summed E-state index contributed by atoms with van der Waals surface area (Å²) in [6.45, 7) is 0.171. The smallest absolute Gasteiger partial charge is 0.338 e. The van der Waals surface area contributed by atoms with E-state index in [2.05, 4.69) is 10.6 Å². The zero-order chi connectivity index (χ0) is 29.4. The molecule has 0 bridgehead atoms. The molecule has 41 heavy (non-hydrogen) atoms. The van der Waals surface area contributed by atoms with Gasteiger partial charge in [-0.15, -0.1) is 0 Å². The van der Waals surface area contributed by atoms with Crippen LogP contribution in [-0.4, -0.2) is 86.0 Å². The molecule has 3 atom stereocenters. The molecule has 216 valence electrons. The number of aliphatic hydroxyl groups excluding tert-OH is 1. The lowest BCUT2D eigenvalue weighted by Gasteiger charge is -2.30. The Hall–Kier alpha value is -4.32. The molecule has 3 N–H and O–H groups in total. The molecular formula is C30H33N3O8. The maximum atomic E-state index is 13.1. The first kappa shape index (κ1) is 29.7. The quantitative estimate of drug-likeness (QED) is 0.291. The molecule has 1 heterocycles. The average molecular weight is 564 g/mol. The van der Waals surface area contributed by atoms with Crippen LogP contribution in [0.1, 0.15) is 38.3 Å². The molecule has 11 nitrogen and oxygen atoms in total. The molecule has 0 spiro atoms. The minimum Gasteiger partial charge on any atom is -0.456 e. The number of carbonyl (C=O) groups is 4. The van der Waals surface area contributed by atoms with Gasteiger partial charge in [0.2, 0.25) is 11.8 Å². The molecule has 2 aromatic carbocycles. The van der Waals surface area contributed by atoms with Crippen LogP contribution in [0.5, 0.6) is 0 Å². The van der Waals surface area contributed by atoms with Crippen LogP contribution in [0.3, 0.4) is 0 Å². The van der Waals surface area contributed by atoms with E-state index in [1.165, 1.54) is 11.0 Å². The highest BCUT2D eigenvalue weighted by Gasteiger charge is 2.42. The Kier molecular flexibility index (Phi) is 10.0. The number of fused-ring (bicyclic) bond motifs is 1. The first-order valence-electron chi connectivity index (χ1n) is 13.2. The summed E-state index contributed by atoms with van der Waals surface area (Å²) in [6.07, 6.45) is 2.99. The van der Waals surface area contributed by atoms with Crippen molar-refractivity contribution >= 4 is 29.8 Å². The average Bonchev–Trinajstić information content (AvgIpc) is 3.47. The Morgan fingerprint density at radius 2 is 1.80 bits per heavy atom. The molecule has 2 aromatic rings. The monoisotopic (exact) mass is 563 g/mol. The number of hydrogen-bond donors (Lipinski definition) is 3. The number of benzene rings is 2. The van der Waals surface area contributed by atoms with E-state index >= 15 is 0 Å². The highest BCUT2D eigenvalue weighted by Crippen LogP contribution is 2.31. The van der Waals surface area contributed by atoms with E-state index in [1.807, 2.05) is 0 Å². The van der Waals surface area contributed by atoms with Crippen molar-refractivity contribution in [3.63, 3.8) is 0 Å². The lowest BCUT2D eigenvalue weighted by Crippen LogP contribution is -2.43.